The molecule has 0 heterocycles. The van der Waals surface area contributed by atoms with Crippen molar-refractivity contribution in [1.29, 1.82) is 0 Å². The Balaban J connectivity index is 3.72. The third-order valence-electron chi connectivity index (χ3n) is 2.21. The predicted octanol–water partition coefficient (Wildman–Crippen LogP) is 3.43. The summed E-state index contributed by atoms with van der Waals surface area (Å²) in [5.41, 5.74) is 0. The van der Waals surface area contributed by atoms with Crippen molar-refractivity contribution in [1.82, 2.24) is 4.90 Å². The van der Waals surface area contributed by atoms with Gasteiger partial charge in [0.25, 0.3) is 0 Å². The second-order valence-electron chi connectivity index (χ2n) is 3.88. The second-order valence-corrected chi connectivity index (χ2v) is 8.02. The monoisotopic (exact) mass is 237 g/mol. The lowest BCUT2D eigenvalue weighted by atomic mass is 10.2. The zero-order valence-electron chi connectivity index (χ0n) is 10.3. The van der Waals surface area contributed by atoms with Gasteiger partial charge in [-0.05, 0) is 40.6 Å². The summed E-state index contributed by atoms with van der Waals surface area (Å²) in [6.07, 6.45) is 2.11. The van der Waals surface area contributed by atoms with E-state index in [9.17, 15) is 0 Å². The van der Waals surface area contributed by atoms with E-state index in [-0.39, 0.29) is 7.35 Å². The second kappa shape index (κ2) is 7.92. The molecular formula is C10H24NOPS. The van der Waals surface area contributed by atoms with Crippen LogP contribution in [0.1, 0.15) is 27.7 Å². The SMILES string of the molecule is CSP(C)OCCN(C(C)C)C(C)C. The Kier molecular flexibility index (Phi) is 8.32. The summed E-state index contributed by atoms with van der Waals surface area (Å²) in [5.74, 6) is 0. The fraction of sp³-hybridized carbons (Fsp3) is 1.00. The normalized spacial score (nSPS) is 14.4. The van der Waals surface area contributed by atoms with Gasteiger partial charge < -0.3 is 4.52 Å². The lowest BCUT2D eigenvalue weighted by molar-refractivity contribution is 0.147. The molecule has 0 aromatic heterocycles. The number of hydrogen-bond donors (Lipinski definition) is 0. The van der Waals surface area contributed by atoms with Crippen LogP contribution in [0.2, 0.25) is 0 Å². The van der Waals surface area contributed by atoms with Gasteiger partial charge in [0.15, 0.2) is 0 Å². The standard InChI is InChI=1S/C10H24NOPS/c1-9(2)11(10(3)4)7-8-12-13(5)14-6/h9-10H,7-8H2,1-6H3. The third-order valence-corrected chi connectivity index (χ3v) is 5.13. The molecule has 0 bridgehead atoms. The van der Waals surface area contributed by atoms with Crippen molar-refractivity contribution < 1.29 is 4.52 Å². The molecule has 0 spiro atoms. The Labute approximate surface area is 94.4 Å². The molecule has 0 amide bonds. The van der Waals surface area contributed by atoms with Crippen molar-refractivity contribution >= 4 is 18.7 Å². The summed E-state index contributed by atoms with van der Waals surface area (Å²) < 4.78 is 5.71. The summed E-state index contributed by atoms with van der Waals surface area (Å²) in [6, 6.07) is 1.21. The molecule has 0 N–H and O–H groups in total. The van der Waals surface area contributed by atoms with Crippen molar-refractivity contribution in [2.24, 2.45) is 0 Å². The molecular weight excluding hydrogens is 213 g/mol. The van der Waals surface area contributed by atoms with Gasteiger partial charge in [-0.15, -0.1) is 11.4 Å². The molecule has 0 radical (unpaired) electrons. The molecule has 0 fully saturated rings. The molecule has 0 aromatic carbocycles. The van der Waals surface area contributed by atoms with Crippen LogP contribution in [0.15, 0.2) is 0 Å². The van der Waals surface area contributed by atoms with E-state index in [1.807, 2.05) is 11.4 Å². The highest BCUT2D eigenvalue weighted by molar-refractivity contribution is 8.53. The van der Waals surface area contributed by atoms with Gasteiger partial charge in [0, 0.05) is 18.6 Å². The summed E-state index contributed by atoms with van der Waals surface area (Å²) in [7, 11) is -0.258. The molecule has 2 nitrogen and oxygen atoms in total. The largest absolute Gasteiger partial charge is 0.347 e. The maximum atomic E-state index is 5.71. The average molecular weight is 237 g/mol. The topological polar surface area (TPSA) is 12.5 Å². The van der Waals surface area contributed by atoms with Gasteiger partial charge >= 0.3 is 0 Å². The zero-order chi connectivity index (χ0) is 11.1. The molecule has 0 aromatic rings. The first kappa shape index (κ1) is 14.7. The summed E-state index contributed by atoms with van der Waals surface area (Å²) in [6.45, 7) is 13.0. The Bertz CT molecular complexity index is 136. The van der Waals surface area contributed by atoms with Crippen LogP contribution in [0, 0.1) is 0 Å². The summed E-state index contributed by atoms with van der Waals surface area (Å²) in [5, 5.41) is 0. The van der Waals surface area contributed by atoms with Gasteiger partial charge in [0.05, 0.1) is 14.0 Å². The minimum absolute atomic E-state index is 0.258. The van der Waals surface area contributed by atoms with Crippen molar-refractivity contribution in [2.75, 3.05) is 26.1 Å². The quantitative estimate of drug-likeness (QED) is 0.629. The molecule has 1 unspecified atom stereocenters. The van der Waals surface area contributed by atoms with Crippen LogP contribution in [-0.2, 0) is 4.52 Å². The smallest absolute Gasteiger partial charge is 0.0853 e. The van der Waals surface area contributed by atoms with Crippen molar-refractivity contribution in [3.8, 4) is 0 Å². The Morgan fingerprint density at radius 3 is 2.07 bits per heavy atom. The predicted molar refractivity (Wildman–Crippen MR) is 69.3 cm³/mol. The number of hydrogen-bond acceptors (Lipinski definition) is 3. The highest BCUT2D eigenvalue weighted by atomic mass is 32.7. The van der Waals surface area contributed by atoms with E-state index in [0.29, 0.717) is 12.1 Å². The molecule has 0 saturated carbocycles. The van der Waals surface area contributed by atoms with Crippen LogP contribution in [0.25, 0.3) is 0 Å². The minimum atomic E-state index is -0.258. The van der Waals surface area contributed by atoms with Gasteiger partial charge in [-0.1, -0.05) is 0 Å². The molecule has 4 heteroatoms. The molecule has 86 valence electrons. The lowest BCUT2D eigenvalue weighted by Crippen LogP contribution is -2.39. The first-order chi connectivity index (χ1) is 6.49. The van der Waals surface area contributed by atoms with E-state index in [1.165, 1.54) is 0 Å². The Hall–Kier alpha value is 0.700. The molecule has 14 heavy (non-hydrogen) atoms. The van der Waals surface area contributed by atoms with Crippen LogP contribution in [0.4, 0.5) is 0 Å². The fourth-order valence-corrected chi connectivity index (χ4v) is 2.42. The van der Waals surface area contributed by atoms with Crippen LogP contribution >= 0.6 is 18.7 Å². The van der Waals surface area contributed by atoms with Crippen LogP contribution in [0.3, 0.4) is 0 Å². The van der Waals surface area contributed by atoms with Crippen molar-refractivity contribution in [3.63, 3.8) is 0 Å². The fourth-order valence-electron chi connectivity index (χ4n) is 1.44. The van der Waals surface area contributed by atoms with E-state index >= 15 is 0 Å². The molecule has 0 aliphatic rings. The molecule has 0 rings (SSSR count). The van der Waals surface area contributed by atoms with E-state index in [4.69, 9.17) is 4.52 Å². The number of nitrogens with zero attached hydrogens (tertiary/aromatic N) is 1. The van der Waals surface area contributed by atoms with Gasteiger partial charge in [-0.3, -0.25) is 4.90 Å². The highest BCUT2D eigenvalue weighted by Gasteiger charge is 2.13. The lowest BCUT2D eigenvalue weighted by Gasteiger charge is -2.30. The van der Waals surface area contributed by atoms with E-state index in [1.54, 1.807) is 0 Å². The van der Waals surface area contributed by atoms with Gasteiger partial charge in [0.2, 0.25) is 0 Å². The first-order valence-corrected chi connectivity index (χ1v) is 8.69. The molecule has 0 aliphatic carbocycles. The van der Waals surface area contributed by atoms with Crippen LogP contribution in [-0.4, -0.2) is 43.1 Å². The minimum Gasteiger partial charge on any atom is -0.347 e. The van der Waals surface area contributed by atoms with E-state index < -0.39 is 0 Å². The van der Waals surface area contributed by atoms with Gasteiger partial charge in [-0.25, -0.2) is 0 Å². The maximum absolute atomic E-state index is 5.71. The van der Waals surface area contributed by atoms with Crippen molar-refractivity contribution in [2.45, 2.75) is 39.8 Å². The average Bonchev–Trinajstić information content (AvgIpc) is 2.10. The van der Waals surface area contributed by atoms with E-state index in [0.717, 1.165) is 13.2 Å². The maximum Gasteiger partial charge on any atom is 0.0853 e. The first-order valence-electron chi connectivity index (χ1n) is 5.15. The highest BCUT2D eigenvalue weighted by Crippen LogP contribution is 2.44. The Morgan fingerprint density at radius 1 is 1.21 bits per heavy atom. The van der Waals surface area contributed by atoms with Crippen LogP contribution in [0.5, 0.6) is 0 Å². The third kappa shape index (κ3) is 6.23. The summed E-state index contributed by atoms with van der Waals surface area (Å²) in [4.78, 5) is 2.46. The summed E-state index contributed by atoms with van der Waals surface area (Å²) >= 11 is 1.82. The number of rotatable bonds is 7. The van der Waals surface area contributed by atoms with Gasteiger partial charge in [-0.2, -0.15) is 0 Å². The van der Waals surface area contributed by atoms with Gasteiger partial charge in [0.1, 0.15) is 0 Å². The van der Waals surface area contributed by atoms with Crippen molar-refractivity contribution in [3.05, 3.63) is 0 Å². The molecule has 0 saturated heterocycles. The molecule has 0 aliphatic heterocycles. The van der Waals surface area contributed by atoms with Crippen LogP contribution < -0.4 is 0 Å². The Morgan fingerprint density at radius 2 is 1.71 bits per heavy atom. The molecule has 1 atom stereocenters. The van der Waals surface area contributed by atoms with E-state index in [2.05, 4.69) is 45.5 Å². The zero-order valence-corrected chi connectivity index (χ0v) is 12.0.